The Morgan fingerprint density at radius 2 is 1.86 bits per heavy atom. The molecule has 1 aliphatic carbocycles. The number of hydrogen-bond donors (Lipinski definition) is 2. The molecule has 0 radical (unpaired) electrons. The number of rotatable bonds is 4. The van der Waals surface area contributed by atoms with E-state index in [2.05, 4.69) is 29.4 Å². The van der Waals surface area contributed by atoms with Gasteiger partial charge in [0.15, 0.2) is 0 Å². The van der Waals surface area contributed by atoms with E-state index in [-0.39, 0.29) is 6.04 Å². The second-order valence-corrected chi connectivity index (χ2v) is 6.48. The summed E-state index contributed by atoms with van der Waals surface area (Å²) in [7, 11) is 0. The van der Waals surface area contributed by atoms with E-state index in [9.17, 15) is 9.59 Å². The predicted octanol–water partition coefficient (Wildman–Crippen LogP) is 1.28. The fraction of sp³-hybridized carbons (Fsp3) is 0.875. The topological polar surface area (TPSA) is 61.4 Å². The van der Waals surface area contributed by atoms with Gasteiger partial charge in [-0.2, -0.15) is 0 Å². The van der Waals surface area contributed by atoms with Crippen LogP contribution in [0.25, 0.3) is 0 Å². The van der Waals surface area contributed by atoms with Gasteiger partial charge in [0, 0.05) is 18.6 Å². The normalized spacial score (nSPS) is 30.1. The second kappa shape index (κ2) is 7.78. The van der Waals surface area contributed by atoms with Crippen LogP contribution in [0.3, 0.4) is 0 Å². The summed E-state index contributed by atoms with van der Waals surface area (Å²) in [5.74, 6) is -0.466. The molecule has 3 atom stereocenters. The molecule has 21 heavy (non-hydrogen) atoms. The molecule has 1 saturated heterocycles. The summed E-state index contributed by atoms with van der Waals surface area (Å²) in [5.41, 5.74) is 0. The van der Waals surface area contributed by atoms with Crippen LogP contribution < -0.4 is 10.6 Å². The number of carbonyl (C=O) groups excluding carboxylic acids is 2. The van der Waals surface area contributed by atoms with Crippen molar-refractivity contribution in [1.29, 1.82) is 0 Å². The van der Waals surface area contributed by atoms with Gasteiger partial charge in [-0.3, -0.25) is 14.5 Å². The molecule has 2 N–H and O–H groups in total. The average molecular weight is 295 g/mol. The monoisotopic (exact) mass is 295 g/mol. The molecule has 0 unspecified atom stereocenters. The van der Waals surface area contributed by atoms with Gasteiger partial charge in [-0.15, -0.1) is 0 Å². The molecule has 120 valence electrons. The number of likely N-dealkylation sites (tertiary alicyclic amines) is 1. The Labute approximate surface area is 127 Å². The molecule has 2 fully saturated rings. The van der Waals surface area contributed by atoms with E-state index in [1.54, 1.807) is 0 Å². The maximum atomic E-state index is 12.0. The molecular formula is C16H29N3O2. The third kappa shape index (κ3) is 4.43. The van der Waals surface area contributed by atoms with Crippen molar-refractivity contribution in [2.75, 3.05) is 19.6 Å². The molecular weight excluding hydrogens is 266 g/mol. The van der Waals surface area contributed by atoms with Crippen LogP contribution in [0.4, 0.5) is 0 Å². The third-order valence-corrected chi connectivity index (χ3v) is 5.04. The highest BCUT2D eigenvalue weighted by molar-refractivity contribution is 6.35. The molecule has 1 aliphatic heterocycles. The largest absolute Gasteiger partial charge is 0.346 e. The lowest BCUT2D eigenvalue weighted by Crippen LogP contribution is -2.49. The van der Waals surface area contributed by atoms with Gasteiger partial charge in [0.2, 0.25) is 0 Å². The minimum Gasteiger partial charge on any atom is -0.346 e. The molecule has 1 heterocycles. The van der Waals surface area contributed by atoms with Crippen LogP contribution >= 0.6 is 0 Å². The van der Waals surface area contributed by atoms with Gasteiger partial charge in [0.05, 0.1) is 0 Å². The number of nitrogens with one attached hydrogen (secondary N) is 2. The van der Waals surface area contributed by atoms with Crippen molar-refractivity contribution in [3.8, 4) is 0 Å². The van der Waals surface area contributed by atoms with Gasteiger partial charge < -0.3 is 10.6 Å². The highest BCUT2D eigenvalue weighted by atomic mass is 16.2. The van der Waals surface area contributed by atoms with Crippen LogP contribution in [0, 0.1) is 5.92 Å². The Hall–Kier alpha value is -1.10. The van der Waals surface area contributed by atoms with Crippen molar-refractivity contribution in [1.82, 2.24) is 15.5 Å². The predicted molar refractivity (Wildman–Crippen MR) is 82.8 cm³/mol. The smallest absolute Gasteiger partial charge is 0.309 e. The SMILES string of the molecule is CCN1CCC[C@@H]1CNC(=O)C(=O)N[C@@H]1CCCC[C@H]1C. The van der Waals surface area contributed by atoms with E-state index in [0.717, 1.165) is 38.8 Å². The zero-order valence-corrected chi connectivity index (χ0v) is 13.4. The van der Waals surface area contributed by atoms with Crippen molar-refractivity contribution in [2.24, 2.45) is 5.92 Å². The van der Waals surface area contributed by atoms with E-state index in [1.165, 1.54) is 12.8 Å². The van der Waals surface area contributed by atoms with Crippen molar-refractivity contribution in [2.45, 2.75) is 64.5 Å². The van der Waals surface area contributed by atoms with E-state index >= 15 is 0 Å². The summed E-state index contributed by atoms with van der Waals surface area (Å²) in [6.45, 7) is 6.98. The first kappa shape index (κ1) is 16.3. The summed E-state index contributed by atoms with van der Waals surface area (Å²) in [6.07, 6.45) is 6.79. The third-order valence-electron chi connectivity index (χ3n) is 5.04. The molecule has 0 aromatic rings. The lowest BCUT2D eigenvalue weighted by molar-refractivity contribution is -0.140. The van der Waals surface area contributed by atoms with E-state index < -0.39 is 11.8 Å². The Kier molecular flexibility index (Phi) is 6.03. The fourth-order valence-corrected chi connectivity index (χ4v) is 3.60. The number of likely N-dealkylation sites (N-methyl/N-ethyl adjacent to an activating group) is 1. The number of carbonyl (C=O) groups is 2. The van der Waals surface area contributed by atoms with Crippen molar-refractivity contribution in [3.63, 3.8) is 0 Å². The molecule has 0 bridgehead atoms. The molecule has 2 aliphatic rings. The Balaban J connectivity index is 1.73. The maximum Gasteiger partial charge on any atom is 0.309 e. The second-order valence-electron chi connectivity index (χ2n) is 6.48. The highest BCUT2D eigenvalue weighted by Crippen LogP contribution is 2.23. The van der Waals surface area contributed by atoms with E-state index in [1.807, 2.05) is 0 Å². The standard InChI is InChI=1S/C16H29N3O2/c1-3-19-10-6-8-13(19)11-17-15(20)16(21)18-14-9-5-4-7-12(14)2/h12-14H,3-11H2,1-2H3,(H,17,20)(H,18,21)/t12-,13-,14-/m1/s1. The first-order valence-electron chi connectivity index (χ1n) is 8.44. The number of amides is 2. The Morgan fingerprint density at radius 1 is 1.10 bits per heavy atom. The van der Waals surface area contributed by atoms with Crippen LogP contribution in [0.15, 0.2) is 0 Å². The highest BCUT2D eigenvalue weighted by Gasteiger charge is 2.27. The van der Waals surface area contributed by atoms with Gasteiger partial charge >= 0.3 is 11.8 Å². The van der Waals surface area contributed by atoms with Gasteiger partial charge in [0.1, 0.15) is 0 Å². The molecule has 0 aromatic carbocycles. The minimum atomic E-state index is -0.476. The Bertz CT molecular complexity index is 373. The molecule has 2 rings (SSSR count). The zero-order valence-electron chi connectivity index (χ0n) is 13.4. The molecule has 0 aromatic heterocycles. The summed E-state index contributed by atoms with van der Waals surface area (Å²) in [4.78, 5) is 26.3. The van der Waals surface area contributed by atoms with Crippen molar-refractivity contribution < 1.29 is 9.59 Å². The first-order valence-corrected chi connectivity index (χ1v) is 8.44. The average Bonchev–Trinajstić information content (AvgIpc) is 2.94. The van der Waals surface area contributed by atoms with Crippen LogP contribution in [-0.4, -0.2) is 48.4 Å². The lowest BCUT2D eigenvalue weighted by atomic mass is 9.86. The van der Waals surface area contributed by atoms with Gasteiger partial charge in [-0.05, 0) is 44.7 Å². The Morgan fingerprint density at radius 3 is 2.57 bits per heavy atom. The molecule has 1 saturated carbocycles. The summed E-state index contributed by atoms with van der Waals surface area (Å²) < 4.78 is 0. The van der Waals surface area contributed by atoms with Gasteiger partial charge in [-0.25, -0.2) is 0 Å². The maximum absolute atomic E-state index is 12.0. The molecule has 5 heteroatoms. The first-order chi connectivity index (χ1) is 10.1. The fourth-order valence-electron chi connectivity index (χ4n) is 3.60. The minimum absolute atomic E-state index is 0.163. The van der Waals surface area contributed by atoms with E-state index in [0.29, 0.717) is 18.5 Å². The summed E-state index contributed by atoms with van der Waals surface area (Å²) in [6, 6.07) is 0.552. The quantitative estimate of drug-likeness (QED) is 0.768. The number of nitrogens with zero attached hydrogens (tertiary/aromatic N) is 1. The zero-order chi connectivity index (χ0) is 15.2. The summed E-state index contributed by atoms with van der Waals surface area (Å²) >= 11 is 0. The molecule has 2 amide bonds. The molecule has 0 spiro atoms. The van der Waals surface area contributed by atoms with E-state index in [4.69, 9.17) is 0 Å². The van der Waals surface area contributed by atoms with Crippen LogP contribution in [0.2, 0.25) is 0 Å². The molecule has 5 nitrogen and oxygen atoms in total. The van der Waals surface area contributed by atoms with Gasteiger partial charge in [0.25, 0.3) is 0 Å². The van der Waals surface area contributed by atoms with Crippen LogP contribution in [-0.2, 0) is 9.59 Å². The van der Waals surface area contributed by atoms with Gasteiger partial charge in [-0.1, -0.05) is 26.7 Å². The van der Waals surface area contributed by atoms with Crippen molar-refractivity contribution in [3.05, 3.63) is 0 Å². The van der Waals surface area contributed by atoms with Crippen LogP contribution in [0.5, 0.6) is 0 Å². The van der Waals surface area contributed by atoms with Crippen molar-refractivity contribution >= 4 is 11.8 Å². The lowest BCUT2D eigenvalue weighted by Gasteiger charge is -2.29. The number of hydrogen-bond acceptors (Lipinski definition) is 3. The van der Waals surface area contributed by atoms with Crippen LogP contribution in [0.1, 0.15) is 52.4 Å². The summed E-state index contributed by atoms with van der Waals surface area (Å²) in [5, 5.41) is 5.70.